The van der Waals surface area contributed by atoms with Crippen molar-refractivity contribution in [1.29, 1.82) is 0 Å². The van der Waals surface area contributed by atoms with Crippen molar-refractivity contribution in [1.82, 2.24) is 9.97 Å². The predicted octanol–water partition coefficient (Wildman–Crippen LogP) is 6.68. The van der Waals surface area contributed by atoms with Crippen LogP contribution in [0.5, 0.6) is 0 Å². The van der Waals surface area contributed by atoms with Crippen LogP contribution < -0.4 is 16.0 Å². The highest BCUT2D eigenvalue weighted by Crippen LogP contribution is 2.35. The molecule has 39 heavy (non-hydrogen) atoms. The molecule has 0 aliphatic heterocycles. The standard InChI is InChI=1S/C27H25Cl2N5O5/c1-15-11-21(30-10-4-7-24(35)36)25(26(33-15)34-20-6-3-2-5-17(20)27(37)38)32-14-23-31-13-22(39-23)18-12-16(28)8-9-19(18)29/h2-3,5-6,8-9,11-13,32H,4,7,10,14H2,1H3,(H,35,36)(H,37,38)(H2,30,33,34). The summed E-state index contributed by atoms with van der Waals surface area (Å²) in [7, 11) is 0. The first-order chi connectivity index (χ1) is 18.7. The smallest absolute Gasteiger partial charge is 0.337 e. The molecule has 0 fully saturated rings. The number of aryl methyl sites for hydroxylation is 1. The van der Waals surface area contributed by atoms with Gasteiger partial charge in [-0.3, -0.25) is 4.79 Å². The van der Waals surface area contributed by atoms with Crippen molar-refractivity contribution in [3.8, 4) is 11.3 Å². The highest BCUT2D eigenvalue weighted by Gasteiger charge is 2.17. The lowest BCUT2D eigenvalue weighted by atomic mass is 10.1. The second-order valence-electron chi connectivity index (χ2n) is 8.53. The number of carboxylic acids is 2. The van der Waals surface area contributed by atoms with Gasteiger partial charge in [-0.2, -0.15) is 0 Å². The number of carboxylic acid groups (broad SMARTS) is 2. The number of anilines is 4. The lowest BCUT2D eigenvalue weighted by Crippen LogP contribution is -2.12. The van der Waals surface area contributed by atoms with Crippen LogP contribution in [0.1, 0.15) is 34.8 Å². The molecule has 0 aliphatic carbocycles. The first-order valence-corrected chi connectivity index (χ1v) is 12.7. The van der Waals surface area contributed by atoms with E-state index in [9.17, 15) is 14.7 Å². The minimum atomic E-state index is -1.08. The van der Waals surface area contributed by atoms with E-state index in [0.29, 0.717) is 68.8 Å². The van der Waals surface area contributed by atoms with E-state index in [1.807, 2.05) is 6.07 Å². The predicted molar refractivity (Wildman–Crippen MR) is 150 cm³/mol. The highest BCUT2D eigenvalue weighted by atomic mass is 35.5. The Morgan fingerprint density at radius 3 is 2.59 bits per heavy atom. The molecule has 4 rings (SSSR count). The monoisotopic (exact) mass is 569 g/mol. The average Bonchev–Trinajstić information content (AvgIpc) is 3.36. The summed E-state index contributed by atoms with van der Waals surface area (Å²) in [6, 6.07) is 13.3. The van der Waals surface area contributed by atoms with Crippen molar-refractivity contribution >= 4 is 58.0 Å². The molecule has 5 N–H and O–H groups in total. The van der Waals surface area contributed by atoms with Crippen molar-refractivity contribution in [2.75, 3.05) is 22.5 Å². The van der Waals surface area contributed by atoms with E-state index in [4.69, 9.17) is 32.7 Å². The Bertz CT molecular complexity index is 1510. The van der Waals surface area contributed by atoms with Crippen molar-refractivity contribution in [3.05, 3.63) is 81.9 Å². The number of hydrogen-bond donors (Lipinski definition) is 5. The minimum absolute atomic E-state index is 0.0159. The van der Waals surface area contributed by atoms with E-state index in [2.05, 4.69) is 25.9 Å². The molecule has 2 aromatic carbocycles. The zero-order valence-electron chi connectivity index (χ0n) is 20.8. The van der Waals surface area contributed by atoms with Crippen LogP contribution in [0.15, 0.2) is 59.1 Å². The van der Waals surface area contributed by atoms with E-state index in [1.165, 1.54) is 6.07 Å². The van der Waals surface area contributed by atoms with Crippen LogP contribution in [0.25, 0.3) is 11.3 Å². The maximum Gasteiger partial charge on any atom is 0.337 e. The van der Waals surface area contributed by atoms with E-state index in [1.54, 1.807) is 49.5 Å². The van der Waals surface area contributed by atoms with Gasteiger partial charge in [0.05, 0.1) is 34.7 Å². The molecule has 0 unspecified atom stereocenters. The van der Waals surface area contributed by atoms with Gasteiger partial charge in [0.2, 0.25) is 5.89 Å². The van der Waals surface area contributed by atoms with Crippen LogP contribution in [-0.2, 0) is 11.3 Å². The van der Waals surface area contributed by atoms with Gasteiger partial charge in [0.1, 0.15) is 5.69 Å². The van der Waals surface area contributed by atoms with Gasteiger partial charge < -0.3 is 30.6 Å². The molecule has 0 bridgehead atoms. The third kappa shape index (κ3) is 7.18. The molecule has 0 aliphatic rings. The molecular weight excluding hydrogens is 545 g/mol. The lowest BCUT2D eigenvalue weighted by Gasteiger charge is -2.19. The van der Waals surface area contributed by atoms with Crippen molar-refractivity contribution in [2.24, 2.45) is 0 Å². The molecule has 0 atom stereocenters. The largest absolute Gasteiger partial charge is 0.481 e. The average molecular weight is 570 g/mol. The van der Waals surface area contributed by atoms with Crippen LogP contribution in [0.3, 0.4) is 0 Å². The van der Waals surface area contributed by atoms with Gasteiger partial charge in [0.25, 0.3) is 0 Å². The molecule has 0 amide bonds. The van der Waals surface area contributed by atoms with Crippen molar-refractivity contribution in [2.45, 2.75) is 26.3 Å². The van der Waals surface area contributed by atoms with Crippen molar-refractivity contribution < 1.29 is 24.2 Å². The molecule has 0 saturated heterocycles. The van der Waals surface area contributed by atoms with E-state index >= 15 is 0 Å². The van der Waals surface area contributed by atoms with E-state index in [-0.39, 0.29) is 18.5 Å². The van der Waals surface area contributed by atoms with Crippen LogP contribution in [-0.4, -0.2) is 38.7 Å². The summed E-state index contributed by atoms with van der Waals surface area (Å²) in [5, 5.41) is 29.2. The maximum atomic E-state index is 11.8. The molecule has 10 nitrogen and oxygen atoms in total. The van der Waals surface area contributed by atoms with Gasteiger partial charge in [-0.25, -0.2) is 14.8 Å². The summed E-state index contributed by atoms with van der Waals surface area (Å²) >= 11 is 12.4. The van der Waals surface area contributed by atoms with Crippen LogP contribution >= 0.6 is 23.2 Å². The van der Waals surface area contributed by atoms with E-state index in [0.717, 1.165) is 0 Å². The van der Waals surface area contributed by atoms with Gasteiger partial charge in [-0.1, -0.05) is 35.3 Å². The fourth-order valence-corrected chi connectivity index (χ4v) is 4.20. The Morgan fingerprint density at radius 1 is 1.03 bits per heavy atom. The molecule has 12 heteroatoms. The fourth-order valence-electron chi connectivity index (χ4n) is 3.82. The zero-order chi connectivity index (χ0) is 27.9. The first kappa shape index (κ1) is 27.7. The SMILES string of the molecule is Cc1cc(NCCCC(=O)O)c(NCc2ncc(-c3cc(Cl)ccc3Cl)o2)c(Nc2ccccc2C(=O)O)n1. The molecule has 0 spiro atoms. The van der Waals surface area contributed by atoms with Crippen molar-refractivity contribution in [3.63, 3.8) is 0 Å². The number of benzene rings is 2. The number of oxazole rings is 1. The second-order valence-corrected chi connectivity index (χ2v) is 9.37. The normalized spacial score (nSPS) is 10.7. The number of aromatic nitrogens is 2. The van der Waals surface area contributed by atoms with Gasteiger partial charge in [-0.05, 0) is 49.7 Å². The van der Waals surface area contributed by atoms with Gasteiger partial charge >= 0.3 is 11.9 Å². The molecule has 0 saturated carbocycles. The summed E-state index contributed by atoms with van der Waals surface area (Å²) in [5.41, 5.74) is 2.87. The maximum absolute atomic E-state index is 11.8. The lowest BCUT2D eigenvalue weighted by molar-refractivity contribution is -0.137. The Morgan fingerprint density at radius 2 is 1.82 bits per heavy atom. The number of nitrogens with one attached hydrogen (secondary N) is 3. The first-order valence-electron chi connectivity index (χ1n) is 11.9. The fraction of sp³-hybridized carbons (Fsp3) is 0.185. The number of pyridine rings is 1. The van der Waals surface area contributed by atoms with Gasteiger partial charge in [0.15, 0.2) is 11.6 Å². The Balaban J connectivity index is 1.63. The Labute approximate surface area is 234 Å². The zero-order valence-corrected chi connectivity index (χ0v) is 22.3. The third-order valence-electron chi connectivity index (χ3n) is 5.60. The Kier molecular flexibility index (Phi) is 8.90. The quantitative estimate of drug-likeness (QED) is 0.117. The van der Waals surface area contributed by atoms with Gasteiger partial charge in [0, 0.05) is 29.2 Å². The summed E-state index contributed by atoms with van der Waals surface area (Å²) in [6.07, 6.45) is 1.97. The molecule has 2 aromatic heterocycles. The number of carbonyl (C=O) groups is 2. The summed E-state index contributed by atoms with van der Waals surface area (Å²) < 4.78 is 5.90. The molecular formula is C27H25Cl2N5O5. The summed E-state index contributed by atoms with van der Waals surface area (Å²) in [6.45, 7) is 2.35. The molecule has 4 aromatic rings. The van der Waals surface area contributed by atoms with Crippen LogP contribution in [0, 0.1) is 6.92 Å². The number of nitrogens with zero attached hydrogens (tertiary/aromatic N) is 2. The van der Waals surface area contributed by atoms with Gasteiger partial charge in [-0.15, -0.1) is 0 Å². The van der Waals surface area contributed by atoms with Crippen LogP contribution in [0.4, 0.5) is 22.9 Å². The molecule has 202 valence electrons. The highest BCUT2D eigenvalue weighted by molar-refractivity contribution is 6.35. The topological polar surface area (TPSA) is 150 Å². The number of para-hydroxylation sites is 1. The Hall–Kier alpha value is -4.28. The van der Waals surface area contributed by atoms with E-state index < -0.39 is 11.9 Å². The number of halogens is 2. The summed E-state index contributed by atoms with van der Waals surface area (Å²) in [5.74, 6) is -0.793. The second kappa shape index (κ2) is 12.5. The number of aliphatic carboxylic acids is 1. The molecule has 0 radical (unpaired) electrons. The van der Waals surface area contributed by atoms with Crippen LogP contribution in [0.2, 0.25) is 10.0 Å². The minimum Gasteiger partial charge on any atom is -0.481 e. The number of aromatic carboxylic acids is 1. The summed E-state index contributed by atoms with van der Waals surface area (Å²) in [4.78, 5) is 31.6. The molecule has 2 heterocycles. The number of rotatable bonds is 12. The number of hydrogen-bond acceptors (Lipinski definition) is 8. The third-order valence-corrected chi connectivity index (χ3v) is 6.17.